The van der Waals surface area contributed by atoms with Gasteiger partial charge in [-0.15, -0.1) is 0 Å². The molecular formula is C14H20N2O3. The molecule has 1 aromatic rings. The van der Waals surface area contributed by atoms with E-state index < -0.39 is 0 Å². The van der Waals surface area contributed by atoms with E-state index in [1.54, 1.807) is 13.0 Å². The molecule has 1 atom stereocenters. The minimum atomic E-state index is -0.323. The molecule has 1 aliphatic heterocycles. The molecule has 19 heavy (non-hydrogen) atoms. The smallest absolute Gasteiger partial charge is 0.274 e. The van der Waals surface area contributed by atoms with Crippen LogP contribution in [0.15, 0.2) is 12.1 Å². The highest BCUT2D eigenvalue weighted by molar-refractivity contribution is 5.60. The van der Waals surface area contributed by atoms with Crippen LogP contribution < -0.4 is 5.32 Å². The van der Waals surface area contributed by atoms with E-state index in [9.17, 15) is 10.1 Å². The zero-order chi connectivity index (χ0) is 13.8. The molecule has 0 aliphatic carbocycles. The molecule has 1 aromatic carbocycles. The topological polar surface area (TPSA) is 64.4 Å². The van der Waals surface area contributed by atoms with Crippen LogP contribution in [0.5, 0.6) is 0 Å². The lowest BCUT2D eigenvalue weighted by molar-refractivity contribution is -0.385. The van der Waals surface area contributed by atoms with Crippen LogP contribution in [-0.2, 0) is 4.74 Å². The Balaban J connectivity index is 2.19. The molecule has 5 heteroatoms. The summed E-state index contributed by atoms with van der Waals surface area (Å²) in [6, 6.07) is 3.85. The van der Waals surface area contributed by atoms with Gasteiger partial charge in [0.15, 0.2) is 0 Å². The van der Waals surface area contributed by atoms with Gasteiger partial charge in [0.1, 0.15) is 0 Å². The Morgan fingerprint density at radius 2 is 2.05 bits per heavy atom. The molecule has 0 amide bonds. The van der Waals surface area contributed by atoms with Gasteiger partial charge >= 0.3 is 0 Å². The monoisotopic (exact) mass is 264 g/mol. The van der Waals surface area contributed by atoms with E-state index in [1.807, 2.05) is 13.0 Å². The summed E-state index contributed by atoms with van der Waals surface area (Å²) in [5.41, 5.74) is 2.80. The van der Waals surface area contributed by atoms with E-state index in [2.05, 4.69) is 5.32 Å². The van der Waals surface area contributed by atoms with Gasteiger partial charge in [-0.1, -0.05) is 0 Å². The molecule has 0 spiro atoms. The Labute approximate surface area is 113 Å². The fourth-order valence-corrected chi connectivity index (χ4v) is 2.46. The first-order valence-electron chi connectivity index (χ1n) is 6.68. The third-order valence-corrected chi connectivity index (χ3v) is 3.55. The number of anilines is 1. The van der Waals surface area contributed by atoms with Gasteiger partial charge in [-0.3, -0.25) is 10.1 Å². The molecule has 1 aliphatic rings. The van der Waals surface area contributed by atoms with Crippen molar-refractivity contribution in [3.05, 3.63) is 33.4 Å². The molecule has 1 heterocycles. The molecule has 1 N–H and O–H groups in total. The average molecular weight is 264 g/mol. The van der Waals surface area contributed by atoms with Gasteiger partial charge in [0.2, 0.25) is 0 Å². The number of nitro groups is 1. The van der Waals surface area contributed by atoms with Crippen molar-refractivity contribution in [1.29, 1.82) is 0 Å². The van der Waals surface area contributed by atoms with Crippen LogP contribution in [0.25, 0.3) is 0 Å². The number of ether oxygens (including phenoxy) is 1. The van der Waals surface area contributed by atoms with Crippen LogP contribution in [0.3, 0.4) is 0 Å². The maximum absolute atomic E-state index is 11.0. The molecule has 1 fully saturated rings. The Hall–Kier alpha value is -1.62. The standard InChI is InChI=1S/C14H20N2O3/c1-10-8-11(2)14(16(17)18)9-13(10)15-12-4-3-6-19-7-5-12/h8-9,12,15H,3-7H2,1-2H3. The Bertz CT molecular complexity index is 466. The van der Waals surface area contributed by atoms with Gasteiger partial charge < -0.3 is 10.1 Å². The van der Waals surface area contributed by atoms with E-state index in [1.165, 1.54) is 0 Å². The van der Waals surface area contributed by atoms with Crippen molar-refractivity contribution < 1.29 is 9.66 Å². The molecule has 0 aromatic heterocycles. The van der Waals surface area contributed by atoms with E-state index in [0.717, 1.165) is 43.7 Å². The van der Waals surface area contributed by atoms with Crippen LogP contribution >= 0.6 is 0 Å². The zero-order valence-electron chi connectivity index (χ0n) is 11.4. The summed E-state index contributed by atoms with van der Waals surface area (Å²) in [5, 5.41) is 14.4. The molecular weight excluding hydrogens is 244 g/mol. The van der Waals surface area contributed by atoms with Gasteiger partial charge in [-0.2, -0.15) is 0 Å². The Morgan fingerprint density at radius 3 is 2.79 bits per heavy atom. The first kappa shape index (κ1) is 13.8. The maximum Gasteiger partial charge on any atom is 0.274 e. The molecule has 1 saturated heterocycles. The number of aryl methyl sites for hydroxylation is 2. The van der Waals surface area contributed by atoms with Crippen molar-refractivity contribution in [3.8, 4) is 0 Å². The predicted octanol–water partition coefficient (Wildman–Crippen LogP) is 3.19. The Kier molecular flexibility index (Phi) is 4.37. The number of benzene rings is 1. The van der Waals surface area contributed by atoms with E-state index in [4.69, 9.17) is 4.74 Å². The van der Waals surface area contributed by atoms with Crippen LogP contribution in [0.4, 0.5) is 11.4 Å². The van der Waals surface area contributed by atoms with E-state index in [-0.39, 0.29) is 10.6 Å². The zero-order valence-corrected chi connectivity index (χ0v) is 11.4. The lowest BCUT2D eigenvalue weighted by atomic mass is 10.1. The largest absolute Gasteiger partial charge is 0.382 e. The van der Waals surface area contributed by atoms with E-state index in [0.29, 0.717) is 11.6 Å². The molecule has 2 rings (SSSR count). The minimum absolute atomic E-state index is 0.179. The minimum Gasteiger partial charge on any atom is -0.382 e. The fourth-order valence-electron chi connectivity index (χ4n) is 2.46. The number of hydrogen-bond donors (Lipinski definition) is 1. The van der Waals surface area contributed by atoms with Gasteiger partial charge in [-0.05, 0) is 44.7 Å². The average Bonchev–Trinajstić information content (AvgIpc) is 2.60. The summed E-state index contributed by atoms with van der Waals surface area (Å²) in [5.74, 6) is 0. The SMILES string of the molecule is Cc1cc(C)c([N+](=O)[O-])cc1NC1CCCOCC1. The number of nitro benzene ring substituents is 1. The highest BCUT2D eigenvalue weighted by Crippen LogP contribution is 2.27. The van der Waals surface area contributed by atoms with Gasteiger partial charge in [0.05, 0.1) is 4.92 Å². The van der Waals surface area contributed by atoms with Crippen molar-refractivity contribution in [2.45, 2.75) is 39.2 Å². The maximum atomic E-state index is 11.0. The predicted molar refractivity (Wildman–Crippen MR) is 74.7 cm³/mol. The number of nitrogens with zero attached hydrogens (tertiary/aromatic N) is 1. The lowest BCUT2D eigenvalue weighted by Gasteiger charge is -2.19. The number of rotatable bonds is 3. The highest BCUT2D eigenvalue weighted by atomic mass is 16.6. The Morgan fingerprint density at radius 1 is 1.26 bits per heavy atom. The fraction of sp³-hybridized carbons (Fsp3) is 0.571. The van der Waals surface area contributed by atoms with Crippen molar-refractivity contribution in [2.24, 2.45) is 0 Å². The second kappa shape index (κ2) is 6.02. The summed E-state index contributed by atoms with van der Waals surface area (Å²) in [4.78, 5) is 10.7. The van der Waals surface area contributed by atoms with Crippen LogP contribution in [0.2, 0.25) is 0 Å². The summed E-state index contributed by atoms with van der Waals surface area (Å²) in [6.45, 7) is 5.32. The molecule has 0 bridgehead atoms. The first-order valence-corrected chi connectivity index (χ1v) is 6.68. The summed E-state index contributed by atoms with van der Waals surface area (Å²) in [7, 11) is 0. The molecule has 0 saturated carbocycles. The lowest BCUT2D eigenvalue weighted by Crippen LogP contribution is -2.20. The molecule has 104 valence electrons. The molecule has 1 unspecified atom stereocenters. The van der Waals surface area contributed by atoms with Crippen molar-refractivity contribution >= 4 is 11.4 Å². The van der Waals surface area contributed by atoms with Crippen molar-refractivity contribution in [3.63, 3.8) is 0 Å². The number of nitrogens with one attached hydrogen (secondary N) is 1. The van der Waals surface area contributed by atoms with Crippen LogP contribution in [-0.4, -0.2) is 24.2 Å². The summed E-state index contributed by atoms with van der Waals surface area (Å²) < 4.78 is 5.43. The highest BCUT2D eigenvalue weighted by Gasteiger charge is 2.17. The summed E-state index contributed by atoms with van der Waals surface area (Å²) >= 11 is 0. The third kappa shape index (κ3) is 3.44. The third-order valence-electron chi connectivity index (χ3n) is 3.55. The van der Waals surface area contributed by atoms with Crippen molar-refractivity contribution in [2.75, 3.05) is 18.5 Å². The molecule has 0 radical (unpaired) electrons. The van der Waals surface area contributed by atoms with Crippen LogP contribution in [0.1, 0.15) is 30.4 Å². The second-order valence-electron chi connectivity index (χ2n) is 5.10. The molecule has 5 nitrogen and oxygen atoms in total. The quantitative estimate of drug-likeness (QED) is 0.672. The van der Waals surface area contributed by atoms with Gasteiger partial charge in [0, 0.05) is 36.6 Å². The first-order chi connectivity index (χ1) is 9.08. The second-order valence-corrected chi connectivity index (χ2v) is 5.10. The van der Waals surface area contributed by atoms with Crippen molar-refractivity contribution in [1.82, 2.24) is 0 Å². The van der Waals surface area contributed by atoms with E-state index >= 15 is 0 Å². The summed E-state index contributed by atoms with van der Waals surface area (Å²) in [6.07, 6.45) is 3.02. The van der Waals surface area contributed by atoms with Gasteiger partial charge in [0.25, 0.3) is 5.69 Å². The number of hydrogen-bond acceptors (Lipinski definition) is 4. The van der Waals surface area contributed by atoms with Crippen LogP contribution in [0, 0.1) is 24.0 Å². The van der Waals surface area contributed by atoms with Gasteiger partial charge in [-0.25, -0.2) is 0 Å². The normalized spacial score (nSPS) is 19.8.